The number of unbranched alkanes of at least 4 members (excludes halogenated alkanes) is 16. The van der Waals surface area contributed by atoms with Gasteiger partial charge in [-0.2, -0.15) is 0 Å². The molecule has 184 valence electrons. The molecule has 0 spiro atoms. The van der Waals surface area contributed by atoms with E-state index in [2.05, 4.69) is 13.8 Å². The van der Waals surface area contributed by atoms with E-state index in [9.17, 15) is 8.78 Å². The highest BCUT2D eigenvalue weighted by Gasteiger charge is 2.13. The van der Waals surface area contributed by atoms with Gasteiger partial charge in [-0.3, -0.25) is 0 Å². The fourth-order valence-electron chi connectivity index (χ4n) is 4.12. The molecule has 0 amide bonds. The molecule has 0 aromatic heterocycles. The van der Waals surface area contributed by atoms with Crippen molar-refractivity contribution in [2.75, 3.05) is 0 Å². The Morgan fingerprint density at radius 3 is 1.06 bits per heavy atom. The number of hydrogen-bond donors (Lipinski definition) is 0. The predicted octanol–water partition coefficient (Wildman–Crippen LogP) is 10.5. The van der Waals surface area contributed by atoms with Crippen molar-refractivity contribution in [3.63, 3.8) is 0 Å². The van der Waals surface area contributed by atoms with E-state index in [1.54, 1.807) is 0 Å². The molecule has 0 saturated carbocycles. The summed E-state index contributed by atoms with van der Waals surface area (Å²) in [5.74, 6) is 0. The first-order valence-electron chi connectivity index (χ1n) is 13.5. The van der Waals surface area contributed by atoms with E-state index in [1.165, 1.54) is 102 Å². The number of rotatable bonds is 24. The highest BCUT2D eigenvalue weighted by molar-refractivity contribution is 4.90. The van der Waals surface area contributed by atoms with Crippen LogP contribution in [0.2, 0.25) is 0 Å². The number of hydrogen-bond acceptors (Lipinski definition) is 1. The molecule has 0 saturated heterocycles. The molecule has 3 heteroatoms. The Morgan fingerprint density at radius 1 is 0.484 bits per heavy atom. The fourth-order valence-corrected chi connectivity index (χ4v) is 4.12. The maximum absolute atomic E-state index is 12.8. The molecule has 31 heavy (non-hydrogen) atoms. The largest absolute Gasteiger partial charge is 0.367 e. The average Bonchev–Trinajstić information content (AvgIpc) is 2.77. The van der Waals surface area contributed by atoms with Crippen LogP contribution < -0.4 is 0 Å². The summed E-state index contributed by atoms with van der Waals surface area (Å²) in [6, 6.07) is 0. The molecule has 0 aliphatic rings. The van der Waals surface area contributed by atoms with Gasteiger partial charge < -0.3 is 4.74 Å². The second-order valence-electron chi connectivity index (χ2n) is 9.08. The lowest BCUT2D eigenvalue weighted by Gasteiger charge is -2.20. The first-order chi connectivity index (χ1) is 15.3. The van der Waals surface area contributed by atoms with Crippen LogP contribution in [-0.2, 0) is 4.74 Å². The van der Waals surface area contributed by atoms with E-state index < -0.39 is 0 Å². The molecule has 0 radical (unpaired) electrons. The van der Waals surface area contributed by atoms with Crippen molar-refractivity contribution in [2.24, 2.45) is 0 Å². The fraction of sp³-hybridized carbons (Fsp3) is 0.857. The van der Waals surface area contributed by atoms with Crippen LogP contribution in [0.1, 0.15) is 142 Å². The van der Waals surface area contributed by atoms with Gasteiger partial charge in [0.25, 0.3) is 0 Å². The Bertz CT molecular complexity index is 358. The lowest BCUT2D eigenvalue weighted by atomic mass is 10.0. The quantitative estimate of drug-likeness (QED) is 0.135. The summed E-state index contributed by atoms with van der Waals surface area (Å²) in [6.07, 6.45) is 28.0. The van der Waals surface area contributed by atoms with Gasteiger partial charge in [-0.25, -0.2) is 8.78 Å². The van der Waals surface area contributed by atoms with Crippen LogP contribution in [0.25, 0.3) is 0 Å². The van der Waals surface area contributed by atoms with Crippen molar-refractivity contribution in [1.82, 2.24) is 0 Å². The Kier molecular flexibility index (Phi) is 25.0. The molecule has 0 rings (SSSR count). The summed E-state index contributed by atoms with van der Waals surface area (Å²) in [7, 11) is 0. The molecule has 0 aliphatic carbocycles. The highest BCUT2D eigenvalue weighted by Crippen LogP contribution is 2.18. The molecule has 0 N–H and O–H groups in total. The SMILES string of the molecule is CCCCCCCCCCCC(C=CF)OC(C=CF)CCCCCCCCCCC. The van der Waals surface area contributed by atoms with Crippen LogP contribution in [0.4, 0.5) is 8.78 Å². The van der Waals surface area contributed by atoms with Crippen LogP contribution in [0.15, 0.2) is 24.8 Å². The summed E-state index contributed by atoms with van der Waals surface area (Å²) in [4.78, 5) is 0. The van der Waals surface area contributed by atoms with Gasteiger partial charge in [0.15, 0.2) is 0 Å². The number of halogens is 2. The maximum Gasteiger partial charge on any atom is 0.0852 e. The van der Waals surface area contributed by atoms with Gasteiger partial charge in [0.1, 0.15) is 0 Å². The molecule has 0 aliphatic heterocycles. The zero-order valence-corrected chi connectivity index (χ0v) is 20.8. The standard InChI is InChI=1S/C28H52F2O/c1-3-5-7-9-11-13-15-17-19-21-27(23-25-29)31-28(24-26-30)22-20-18-16-14-12-10-8-6-4-2/h23-28H,3-22H2,1-2H3. The highest BCUT2D eigenvalue weighted by atomic mass is 19.1. The van der Waals surface area contributed by atoms with E-state index in [-0.39, 0.29) is 12.2 Å². The van der Waals surface area contributed by atoms with Gasteiger partial charge in [-0.1, -0.05) is 129 Å². The van der Waals surface area contributed by atoms with Crippen LogP contribution in [0.5, 0.6) is 0 Å². The van der Waals surface area contributed by atoms with Crippen molar-refractivity contribution in [3.05, 3.63) is 24.8 Å². The molecule has 0 heterocycles. The molecule has 1 nitrogen and oxygen atoms in total. The van der Waals surface area contributed by atoms with Crippen molar-refractivity contribution < 1.29 is 13.5 Å². The summed E-state index contributed by atoms with van der Waals surface area (Å²) in [5.41, 5.74) is 0. The van der Waals surface area contributed by atoms with E-state index >= 15 is 0 Å². The first kappa shape index (κ1) is 30.3. The second kappa shape index (κ2) is 25.6. The van der Waals surface area contributed by atoms with Crippen molar-refractivity contribution >= 4 is 0 Å². The Balaban J connectivity index is 3.94. The molecule has 0 aromatic rings. The van der Waals surface area contributed by atoms with Crippen molar-refractivity contribution in [1.29, 1.82) is 0 Å². The lowest BCUT2D eigenvalue weighted by molar-refractivity contribution is 0.0285. The minimum Gasteiger partial charge on any atom is -0.367 e. The maximum atomic E-state index is 12.8. The molecule has 0 aromatic carbocycles. The third-order valence-electron chi connectivity index (χ3n) is 6.11. The van der Waals surface area contributed by atoms with Crippen LogP contribution >= 0.6 is 0 Å². The van der Waals surface area contributed by atoms with E-state index in [0.29, 0.717) is 12.7 Å². The normalized spacial score (nSPS) is 14.1. The summed E-state index contributed by atoms with van der Waals surface area (Å²) in [5, 5.41) is 0. The van der Waals surface area contributed by atoms with Gasteiger partial charge in [0.05, 0.1) is 24.9 Å². The molecule has 0 fully saturated rings. The van der Waals surface area contributed by atoms with Gasteiger partial charge in [0, 0.05) is 0 Å². The predicted molar refractivity (Wildman–Crippen MR) is 133 cm³/mol. The topological polar surface area (TPSA) is 9.23 Å². The van der Waals surface area contributed by atoms with Crippen molar-refractivity contribution in [2.45, 2.75) is 154 Å². The third kappa shape index (κ3) is 22.3. The molecule has 0 bridgehead atoms. The minimum atomic E-state index is -0.255. The van der Waals surface area contributed by atoms with Gasteiger partial charge in [-0.05, 0) is 25.0 Å². The van der Waals surface area contributed by atoms with E-state index in [4.69, 9.17) is 4.74 Å². The van der Waals surface area contributed by atoms with E-state index in [1.807, 2.05) is 0 Å². The average molecular weight is 443 g/mol. The monoisotopic (exact) mass is 442 g/mol. The van der Waals surface area contributed by atoms with Crippen LogP contribution in [0.3, 0.4) is 0 Å². The summed E-state index contributed by atoms with van der Waals surface area (Å²) >= 11 is 0. The Hall–Kier alpha value is -0.700. The van der Waals surface area contributed by atoms with Crippen LogP contribution in [-0.4, -0.2) is 12.2 Å². The molecule has 2 atom stereocenters. The smallest absolute Gasteiger partial charge is 0.0852 e. The minimum absolute atomic E-state index is 0.255. The zero-order valence-electron chi connectivity index (χ0n) is 20.8. The third-order valence-corrected chi connectivity index (χ3v) is 6.11. The second-order valence-corrected chi connectivity index (χ2v) is 9.08. The van der Waals surface area contributed by atoms with Gasteiger partial charge in [0.2, 0.25) is 0 Å². The summed E-state index contributed by atoms with van der Waals surface area (Å²) in [6.45, 7) is 4.49. The molecule has 2 unspecified atom stereocenters. The molecular formula is C28H52F2O. The van der Waals surface area contributed by atoms with Gasteiger partial charge in [-0.15, -0.1) is 0 Å². The van der Waals surface area contributed by atoms with Crippen LogP contribution in [0, 0.1) is 0 Å². The molecular weight excluding hydrogens is 390 g/mol. The van der Waals surface area contributed by atoms with Crippen molar-refractivity contribution in [3.8, 4) is 0 Å². The lowest BCUT2D eigenvalue weighted by Crippen LogP contribution is -2.19. The zero-order chi connectivity index (χ0) is 22.8. The Morgan fingerprint density at radius 2 is 0.774 bits per heavy atom. The van der Waals surface area contributed by atoms with Gasteiger partial charge >= 0.3 is 0 Å². The first-order valence-corrected chi connectivity index (χ1v) is 13.5. The summed E-state index contributed by atoms with van der Waals surface area (Å²) < 4.78 is 31.6. The Labute approximate surface area is 193 Å². The van der Waals surface area contributed by atoms with E-state index in [0.717, 1.165) is 38.5 Å². The number of ether oxygens (including phenoxy) is 1.